The monoisotopic (exact) mass is 305 g/mol. The Hall–Kier alpha value is -2.73. The Labute approximate surface area is 125 Å². The maximum atomic E-state index is 12.0. The summed E-state index contributed by atoms with van der Waals surface area (Å²) in [5.41, 5.74) is 6.52. The molecule has 0 saturated carbocycles. The molecule has 0 aromatic heterocycles. The van der Waals surface area contributed by atoms with Crippen molar-refractivity contribution in [3.63, 3.8) is 0 Å². The number of phenolic OH excluding ortho intramolecular Hbond substituents is 1. The van der Waals surface area contributed by atoms with Crippen LogP contribution in [0.5, 0.6) is 5.75 Å². The van der Waals surface area contributed by atoms with Crippen LogP contribution in [0.25, 0.3) is 0 Å². The molecule has 0 unspecified atom stereocenters. The van der Waals surface area contributed by atoms with Gasteiger partial charge in [0.2, 0.25) is 0 Å². The largest absolute Gasteiger partial charge is 0.507 e. The molecule has 7 heteroatoms. The van der Waals surface area contributed by atoms with E-state index in [4.69, 9.17) is 22.5 Å². The van der Waals surface area contributed by atoms with E-state index in [0.717, 1.165) is 0 Å². The average Bonchev–Trinajstić information content (AvgIpc) is 2.49. The zero-order chi connectivity index (χ0) is 15.4. The number of hydrogen-bond acceptors (Lipinski definition) is 4. The molecule has 2 aromatic carbocycles. The lowest BCUT2D eigenvalue weighted by Gasteiger charge is -2.08. The topological polar surface area (TPSA) is 108 Å². The Bertz CT molecular complexity index is 699. The lowest BCUT2D eigenvalue weighted by molar-refractivity contribution is 0.102. The maximum Gasteiger partial charge on any atom is 0.259 e. The van der Waals surface area contributed by atoms with E-state index in [1.165, 1.54) is 18.2 Å². The van der Waals surface area contributed by atoms with E-state index in [9.17, 15) is 9.90 Å². The van der Waals surface area contributed by atoms with E-state index in [0.29, 0.717) is 16.3 Å². The Morgan fingerprint density at radius 2 is 1.86 bits per heavy atom. The molecule has 0 bridgehead atoms. The number of hydrogen-bond donors (Lipinski definition) is 4. The first kappa shape index (κ1) is 14.7. The van der Waals surface area contributed by atoms with E-state index in [1.807, 2.05) is 0 Å². The molecule has 0 atom stereocenters. The van der Waals surface area contributed by atoms with Crippen LogP contribution in [0.4, 0.5) is 5.69 Å². The van der Waals surface area contributed by atoms with Gasteiger partial charge >= 0.3 is 0 Å². The van der Waals surface area contributed by atoms with Gasteiger partial charge < -0.3 is 21.4 Å². The Morgan fingerprint density at radius 3 is 2.48 bits per heavy atom. The molecule has 0 saturated heterocycles. The highest BCUT2D eigenvalue weighted by Gasteiger charge is 2.12. The normalized spacial score (nSPS) is 11.2. The van der Waals surface area contributed by atoms with Crippen molar-refractivity contribution in [2.75, 3.05) is 5.32 Å². The highest BCUT2D eigenvalue weighted by Crippen LogP contribution is 2.22. The minimum Gasteiger partial charge on any atom is -0.507 e. The van der Waals surface area contributed by atoms with Crippen LogP contribution in [-0.2, 0) is 0 Å². The molecule has 0 aliphatic carbocycles. The van der Waals surface area contributed by atoms with Gasteiger partial charge in [-0.2, -0.15) is 0 Å². The van der Waals surface area contributed by atoms with E-state index in [-0.39, 0.29) is 17.1 Å². The second-order valence-electron chi connectivity index (χ2n) is 4.18. The summed E-state index contributed by atoms with van der Waals surface area (Å²) in [6.07, 6.45) is 0. The van der Waals surface area contributed by atoms with Crippen molar-refractivity contribution in [3.8, 4) is 5.75 Å². The Morgan fingerprint density at radius 1 is 1.19 bits per heavy atom. The number of rotatable bonds is 3. The van der Waals surface area contributed by atoms with E-state index in [2.05, 4.69) is 10.5 Å². The fourth-order valence-corrected chi connectivity index (χ4v) is 1.84. The summed E-state index contributed by atoms with van der Waals surface area (Å²) in [6, 6.07) is 10.6. The van der Waals surface area contributed by atoms with Crippen LogP contribution in [0.1, 0.15) is 15.9 Å². The summed E-state index contributed by atoms with van der Waals surface area (Å²) in [5, 5.41) is 24.0. The molecular formula is C14H12ClN3O3. The smallest absolute Gasteiger partial charge is 0.259 e. The number of halogens is 1. The molecule has 1 amide bonds. The number of nitrogens with one attached hydrogen (secondary N) is 1. The Kier molecular flexibility index (Phi) is 4.30. The molecule has 2 rings (SSSR count). The molecule has 0 spiro atoms. The summed E-state index contributed by atoms with van der Waals surface area (Å²) in [4.78, 5) is 12.0. The number of nitrogens with two attached hydrogens (primary N) is 1. The van der Waals surface area contributed by atoms with Gasteiger partial charge in [0.15, 0.2) is 5.84 Å². The molecule has 6 nitrogen and oxygen atoms in total. The summed E-state index contributed by atoms with van der Waals surface area (Å²) >= 11 is 5.79. The second-order valence-corrected chi connectivity index (χ2v) is 4.61. The van der Waals surface area contributed by atoms with Crippen LogP contribution in [0.3, 0.4) is 0 Å². The van der Waals surface area contributed by atoms with E-state index in [1.54, 1.807) is 24.3 Å². The van der Waals surface area contributed by atoms with Gasteiger partial charge in [-0.15, -0.1) is 0 Å². The van der Waals surface area contributed by atoms with Crippen molar-refractivity contribution in [2.24, 2.45) is 10.9 Å². The van der Waals surface area contributed by atoms with Crippen LogP contribution < -0.4 is 11.1 Å². The summed E-state index contributed by atoms with van der Waals surface area (Å²) in [7, 11) is 0. The van der Waals surface area contributed by atoms with Gasteiger partial charge in [0.25, 0.3) is 5.91 Å². The molecular weight excluding hydrogens is 294 g/mol. The molecule has 0 heterocycles. The van der Waals surface area contributed by atoms with Crippen LogP contribution in [0.15, 0.2) is 47.6 Å². The zero-order valence-corrected chi connectivity index (χ0v) is 11.5. The minimum atomic E-state index is -0.494. The van der Waals surface area contributed by atoms with E-state index < -0.39 is 5.91 Å². The number of carbonyl (C=O) groups is 1. The molecule has 2 aromatic rings. The number of amidine groups is 1. The summed E-state index contributed by atoms with van der Waals surface area (Å²) in [6.45, 7) is 0. The molecule has 0 aliphatic heterocycles. The summed E-state index contributed by atoms with van der Waals surface area (Å²) < 4.78 is 0. The molecule has 5 N–H and O–H groups in total. The molecule has 108 valence electrons. The predicted molar refractivity (Wildman–Crippen MR) is 80.0 cm³/mol. The number of benzene rings is 2. The number of carbonyl (C=O) groups excluding carboxylic acids is 1. The van der Waals surface area contributed by atoms with Crippen LogP contribution in [-0.4, -0.2) is 22.1 Å². The van der Waals surface area contributed by atoms with Crippen molar-refractivity contribution >= 4 is 29.0 Å². The van der Waals surface area contributed by atoms with Gasteiger partial charge in [-0.1, -0.05) is 16.8 Å². The molecule has 0 radical (unpaired) electrons. The first-order chi connectivity index (χ1) is 10.0. The quantitative estimate of drug-likeness (QED) is 0.302. The number of amides is 1. The fourth-order valence-electron chi connectivity index (χ4n) is 1.67. The van der Waals surface area contributed by atoms with Crippen LogP contribution in [0.2, 0.25) is 5.02 Å². The minimum absolute atomic E-state index is 0.0274. The van der Waals surface area contributed by atoms with Crippen molar-refractivity contribution in [2.45, 2.75) is 0 Å². The first-order valence-electron chi connectivity index (χ1n) is 5.89. The second kappa shape index (κ2) is 6.15. The van der Waals surface area contributed by atoms with Gasteiger partial charge in [-0.05, 0) is 42.5 Å². The standard InChI is InChI=1S/C14H12ClN3O3/c15-9-3-6-12(19)11(7-9)14(20)17-10-4-1-8(2-5-10)13(16)18-21/h1-7,19,21H,(H2,16,18)(H,17,20). The van der Waals surface area contributed by atoms with Crippen molar-refractivity contribution < 1.29 is 15.1 Å². The third kappa shape index (κ3) is 3.43. The zero-order valence-electron chi connectivity index (χ0n) is 10.7. The van der Waals surface area contributed by atoms with Gasteiger partial charge in [0, 0.05) is 16.3 Å². The lowest BCUT2D eigenvalue weighted by Crippen LogP contribution is -2.14. The molecule has 0 aliphatic rings. The lowest BCUT2D eigenvalue weighted by atomic mass is 10.1. The van der Waals surface area contributed by atoms with Crippen molar-refractivity contribution in [3.05, 3.63) is 58.6 Å². The van der Waals surface area contributed by atoms with Crippen molar-refractivity contribution in [1.82, 2.24) is 0 Å². The third-order valence-electron chi connectivity index (χ3n) is 2.75. The van der Waals surface area contributed by atoms with Gasteiger partial charge in [-0.3, -0.25) is 4.79 Å². The highest BCUT2D eigenvalue weighted by atomic mass is 35.5. The average molecular weight is 306 g/mol. The van der Waals surface area contributed by atoms with Crippen LogP contribution in [0, 0.1) is 0 Å². The summed E-state index contributed by atoms with van der Waals surface area (Å²) in [5.74, 6) is -0.683. The molecule has 0 fully saturated rings. The number of aromatic hydroxyl groups is 1. The maximum absolute atomic E-state index is 12.0. The Balaban J connectivity index is 2.18. The van der Waals surface area contributed by atoms with Gasteiger partial charge in [0.05, 0.1) is 5.56 Å². The number of oxime groups is 1. The van der Waals surface area contributed by atoms with E-state index >= 15 is 0 Å². The van der Waals surface area contributed by atoms with Gasteiger partial charge in [0.1, 0.15) is 5.75 Å². The van der Waals surface area contributed by atoms with Crippen LogP contribution >= 0.6 is 11.6 Å². The highest BCUT2D eigenvalue weighted by molar-refractivity contribution is 6.31. The number of phenols is 1. The molecule has 21 heavy (non-hydrogen) atoms. The number of nitrogens with zero attached hydrogens (tertiary/aromatic N) is 1. The number of anilines is 1. The predicted octanol–water partition coefficient (Wildman–Crippen LogP) is 2.39. The SMILES string of the molecule is N/C(=N/O)c1ccc(NC(=O)c2cc(Cl)ccc2O)cc1. The van der Waals surface area contributed by atoms with Gasteiger partial charge in [-0.25, -0.2) is 0 Å². The first-order valence-corrected chi connectivity index (χ1v) is 6.27. The van der Waals surface area contributed by atoms with Crippen molar-refractivity contribution in [1.29, 1.82) is 0 Å². The third-order valence-corrected chi connectivity index (χ3v) is 2.98. The fraction of sp³-hybridized carbons (Fsp3) is 0.